The van der Waals surface area contributed by atoms with Crippen LogP contribution in [0.15, 0.2) is 16.5 Å². The largest absolute Gasteiger partial charge is 0.441 e. The Labute approximate surface area is 140 Å². The molecule has 1 amide bonds. The maximum Gasteiger partial charge on any atom is 0.226 e. The van der Waals surface area contributed by atoms with Crippen LogP contribution in [0, 0.1) is 5.92 Å². The molecule has 120 valence electrons. The average molecular weight is 343 g/mol. The van der Waals surface area contributed by atoms with Crippen molar-refractivity contribution in [3.8, 4) is 0 Å². The van der Waals surface area contributed by atoms with Gasteiger partial charge in [-0.3, -0.25) is 4.79 Å². The number of alkyl halides is 1. The SMILES string of the molecule is CC(Cl)CCCc1nc2cc(Cl)c(NC(=O)C(C)C)cc2o1. The summed E-state index contributed by atoms with van der Waals surface area (Å²) in [6.45, 7) is 5.62. The van der Waals surface area contributed by atoms with Crippen LogP contribution in [-0.2, 0) is 11.2 Å². The molecule has 6 heteroatoms. The van der Waals surface area contributed by atoms with E-state index in [1.807, 2.05) is 20.8 Å². The zero-order chi connectivity index (χ0) is 16.3. The first-order valence-corrected chi connectivity index (χ1v) is 8.22. The predicted molar refractivity (Wildman–Crippen MR) is 90.7 cm³/mol. The summed E-state index contributed by atoms with van der Waals surface area (Å²) < 4.78 is 5.72. The van der Waals surface area contributed by atoms with E-state index in [9.17, 15) is 4.79 Å². The molecule has 2 rings (SSSR count). The van der Waals surface area contributed by atoms with Crippen LogP contribution in [0.5, 0.6) is 0 Å². The van der Waals surface area contributed by atoms with Gasteiger partial charge in [-0.05, 0) is 25.8 Å². The average Bonchev–Trinajstić information content (AvgIpc) is 2.80. The number of aromatic nitrogens is 1. The summed E-state index contributed by atoms with van der Waals surface area (Å²) in [5.41, 5.74) is 1.86. The van der Waals surface area contributed by atoms with E-state index in [1.165, 1.54) is 0 Å². The molecule has 2 aromatic rings. The third-order valence-corrected chi connectivity index (χ3v) is 3.83. The van der Waals surface area contributed by atoms with E-state index in [-0.39, 0.29) is 17.2 Å². The van der Waals surface area contributed by atoms with E-state index in [2.05, 4.69) is 10.3 Å². The lowest BCUT2D eigenvalue weighted by atomic mass is 10.2. The number of amides is 1. The molecule has 0 aliphatic carbocycles. The fourth-order valence-corrected chi connectivity index (χ4v) is 2.37. The Kier molecular flexibility index (Phi) is 5.70. The Hall–Kier alpha value is -1.26. The number of benzene rings is 1. The lowest BCUT2D eigenvalue weighted by molar-refractivity contribution is -0.118. The number of carbonyl (C=O) groups is 1. The van der Waals surface area contributed by atoms with Crippen molar-refractivity contribution < 1.29 is 9.21 Å². The number of oxazole rings is 1. The van der Waals surface area contributed by atoms with Crippen LogP contribution in [0.4, 0.5) is 5.69 Å². The van der Waals surface area contributed by atoms with E-state index in [0.29, 0.717) is 27.7 Å². The van der Waals surface area contributed by atoms with Crippen molar-refractivity contribution in [3.05, 3.63) is 23.0 Å². The van der Waals surface area contributed by atoms with E-state index < -0.39 is 0 Å². The smallest absolute Gasteiger partial charge is 0.226 e. The molecule has 22 heavy (non-hydrogen) atoms. The quantitative estimate of drug-likeness (QED) is 0.749. The molecule has 1 atom stereocenters. The van der Waals surface area contributed by atoms with Gasteiger partial charge in [-0.15, -0.1) is 11.6 Å². The summed E-state index contributed by atoms with van der Waals surface area (Å²) in [5.74, 6) is 0.461. The number of nitrogens with one attached hydrogen (secondary N) is 1. The highest BCUT2D eigenvalue weighted by atomic mass is 35.5. The predicted octanol–water partition coefficient (Wildman–Crippen LogP) is 5.03. The Bertz CT molecular complexity index is 665. The second-order valence-corrected chi connectivity index (χ2v) is 6.88. The van der Waals surface area contributed by atoms with Gasteiger partial charge in [0.15, 0.2) is 11.5 Å². The molecule has 0 aliphatic rings. The molecule has 0 fully saturated rings. The molecule has 1 aromatic carbocycles. The van der Waals surface area contributed by atoms with E-state index in [0.717, 1.165) is 19.3 Å². The second-order valence-electron chi connectivity index (χ2n) is 5.72. The number of hydrogen-bond donors (Lipinski definition) is 1. The first-order chi connectivity index (χ1) is 10.4. The monoisotopic (exact) mass is 342 g/mol. The molecule has 0 spiro atoms. The molecule has 1 aromatic heterocycles. The van der Waals surface area contributed by atoms with Gasteiger partial charge in [-0.1, -0.05) is 25.4 Å². The van der Waals surface area contributed by atoms with Crippen molar-refractivity contribution in [1.82, 2.24) is 4.98 Å². The number of hydrogen-bond acceptors (Lipinski definition) is 3. The van der Waals surface area contributed by atoms with Crippen LogP contribution in [0.25, 0.3) is 11.1 Å². The summed E-state index contributed by atoms with van der Waals surface area (Å²) in [4.78, 5) is 16.2. The zero-order valence-corrected chi connectivity index (χ0v) is 14.5. The van der Waals surface area contributed by atoms with Crippen LogP contribution in [0.3, 0.4) is 0 Å². The van der Waals surface area contributed by atoms with E-state index in [4.69, 9.17) is 27.6 Å². The Morgan fingerprint density at radius 3 is 2.73 bits per heavy atom. The van der Waals surface area contributed by atoms with E-state index >= 15 is 0 Å². The van der Waals surface area contributed by atoms with Crippen LogP contribution < -0.4 is 5.32 Å². The van der Waals surface area contributed by atoms with Crippen LogP contribution in [0.1, 0.15) is 39.5 Å². The fraction of sp³-hybridized carbons (Fsp3) is 0.500. The number of anilines is 1. The Morgan fingerprint density at radius 2 is 2.09 bits per heavy atom. The van der Waals surface area contributed by atoms with Gasteiger partial charge in [0, 0.05) is 23.8 Å². The van der Waals surface area contributed by atoms with Crippen LogP contribution in [0.2, 0.25) is 5.02 Å². The van der Waals surface area contributed by atoms with Gasteiger partial charge in [0.2, 0.25) is 5.91 Å². The van der Waals surface area contributed by atoms with Crippen molar-refractivity contribution in [2.24, 2.45) is 5.92 Å². The Balaban J connectivity index is 2.17. The molecule has 0 aliphatic heterocycles. The molecule has 0 saturated carbocycles. The molecule has 0 saturated heterocycles. The van der Waals surface area contributed by atoms with Gasteiger partial charge in [0.25, 0.3) is 0 Å². The molecular formula is C16H20Cl2N2O2. The van der Waals surface area contributed by atoms with Gasteiger partial charge in [0.1, 0.15) is 5.52 Å². The normalized spacial score (nSPS) is 12.8. The molecular weight excluding hydrogens is 323 g/mol. The number of carbonyl (C=O) groups excluding carboxylic acids is 1. The summed E-state index contributed by atoms with van der Waals surface area (Å²) >= 11 is 12.1. The van der Waals surface area contributed by atoms with Gasteiger partial charge in [0.05, 0.1) is 10.7 Å². The lowest BCUT2D eigenvalue weighted by Gasteiger charge is -2.08. The summed E-state index contributed by atoms with van der Waals surface area (Å²) in [6, 6.07) is 3.43. The minimum Gasteiger partial charge on any atom is -0.441 e. The molecule has 1 heterocycles. The van der Waals surface area contributed by atoms with Gasteiger partial charge in [-0.2, -0.15) is 0 Å². The van der Waals surface area contributed by atoms with Crippen molar-refractivity contribution in [2.45, 2.75) is 45.4 Å². The maximum absolute atomic E-state index is 11.8. The standard InChI is InChI=1S/C16H20Cl2N2O2/c1-9(2)16(21)20-12-8-14-13(7-11(12)18)19-15(22-14)6-4-5-10(3)17/h7-10H,4-6H2,1-3H3,(H,20,21). The molecule has 1 unspecified atom stereocenters. The highest BCUT2D eigenvalue weighted by Crippen LogP contribution is 2.29. The van der Waals surface area contributed by atoms with Crippen molar-refractivity contribution in [1.29, 1.82) is 0 Å². The van der Waals surface area contributed by atoms with Gasteiger partial charge >= 0.3 is 0 Å². The third kappa shape index (κ3) is 4.37. The van der Waals surface area contributed by atoms with Crippen LogP contribution in [-0.4, -0.2) is 16.3 Å². The molecule has 4 nitrogen and oxygen atoms in total. The summed E-state index contributed by atoms with van der Waals surface area (Å²) in [5, 5.41) is 3.40. The van der Waals surface area contributed by atoms with Crippen LogP contribution >= 0.6 is 23.2 Å². The minimum atomic E-state index is -0.116. The van der Waals surface area contributed by atoms with Crippen molar-refractivity contribution >= 4 is 45.9 Å². The number of halogens is 2. The number of aryl methyl sites for hydroxylation is 1. The van der Waals surface area contributed by atoms with Gasteiger partial charge in [-0.25, -0.2) is 4.98 Å². The first-order valence-electron chi connectivity index (χ1n) is 7.40. The molecule has 1 N–H and O–H groups in total. The lowest BCUT2D eigenvalue weighted by Crippen LogP contribution is -2.17. The highest BCUT2D eigenvalue weighted by molar-refractivity contribution is 6.34. The fourth-order valence-electron chi connectivity index (χ4n) is 2.01. The molecule has 0 bridgehead atoms. The highest BCUT2D eigenvalue weighted by Gasteiger charge is 2.14. The maximum atomic E-state index is 11.8. The topological polar surface area (TPSA) is 55.1 Å². The third-order valence-electron chi connectivity index (χ3n) is 3.30. The summed E-state index contributed by atoms with van der Waals surface area (Å²) in [6.07, 6.45) is 2.57. The van der Waals surface area contributed by atoms with Crippen molar-refractivity contribution in [3.63, 3.8) is 0 Å². The second kappa shape index (κ2) is 7.34. The van der Waals surface area contributed by atoms with Gasteiger partial charge < -0.3 is 9.73 Å². The Morgan fingerprint density at radius 1 is 1.36 bits per heavy atom. The van der Waals surface area contributed by atoms with Crippen molar-refractivity contribution in [2.75, 3.05) is 5.32 Å². The first kappa shape index (κ1) is 17.1. The number of nitrogens with zero attached hydrogens (tertiary/aromatic N) is 1. The minimum absolute atomic E-state index is 0.0860. The number of rotatable bonds is 6. The number of fused-ring (bicyclic) bond motifs is 1. The molecule has 0 radical (unpaired) electrons. The zero-order valence-electron chi connectivity index (χ0n) is 13.0. The van der Waals surface area contributed by atoms with E-state index in [1.54, 1.807) is 12.1 Å². The summed E-state index contributed by atoms with van der Waals surface area (Å²) in [7, 11) is 0.